The second-order valence-corrected chi connectivity index (χ2v) is 16.2. The van der Waals surface area contributed by atoms with E-state index in [0.717, 1.165) is 57.0 Å². The zero-order valence-electron chi connectivity index (χ0n) is 31.1. The molecule has 18 nitrogen and oxygen atoms in total. The second-order valence-electron chi connectivity index (χ2n) is 13.0. The first-order valence-corrected chi connectivity index (χ1v) is 21.0. The Morgan fingerprint density at radius 1 is 0.732 bits per heavy atom. The highest BCUT2D eigenvalue weighted by Crippen LogP contribution is 2.40. The van der Waals surface area contributed by atoms with Gasteiger partial charge in [0.1, 0.15) is 0 Å². The van der Waals surface area contributed by atoms with Gasteiger partial charge in [-0.2, -0.15) is 25.9 Å². The van der Waals surface area contributed by atoms with Gasteiger partial charge in [-0.1, -0.05) is 64.5 Å². The van der Waals surface area contributed by atoms with Crippen LogP contribution in [0.15, 0.2) is 66.6 Å². The van der Waals surface area contributed by atoms with Gasteiger partial charge in [-0.25, -0.2) is 13.1 Å². The summed E-state index contributed by atoms with van der Waals surface area (Å²) in [5.41, 5.74) is 3.62. The lowest BCUT2D eigenvalue weighted by molar-refractivity contribution is -0.253. The first-order chi connectivity index (χ1) is 26.7. The van der Waals surface area contributed by atoms with Crippen LogP contribution in [0.5, 0.6) is 0 Å². The normalized spacial score (nSPS) is 16.9. The molecule has 2 aromatic rings. The van der Waals surface area contributed by atoms with Crippen molar-refractivity contribution in [3.63, 3.8) is 0 Å². The first-order valence-electron chi connectivity index (χ1n) is 17.9. The number of hydroxylamine groups is 1. The molecule has 22 heteroatoms. The third-order valence-corrected chi connectivity index (χ3v) is 11.0. The minimum absolute atomic E-state index is 0.0329. The molecule has 0 saturated carbocycles. The number of benzene rings is 2. The summed E-state index contributed by atoms with van der Waals surface area (Å²) in [5, 5.41) is 24.9. The molecule has 0 spiro atoms. The number of nitrogens with zero attached hydrogens (tertiary/aromatic N) is 4. The summed E-state index contributed by atoms with van der Waals surface area (Å²) in [4.78, 5) is 54.9. The molecule has 0 aromatic heterocycles. The number of rotatable bonds is 21. The molecule has 2 atom stereocenters. The summed E-state index contributed by atoms with van der Waals surface area (Å²) in [6.07, 6.45) is 7.27. The lowest BCUT2D eigenvalue weighted by atomic mass is 10.0. The fourth-order valence-corrected chi connectivity index (χ4v) is 7.87. The molecule has 0 bridgehead atoms. The smallest absolute Gasteiger partial charge is 0.262 e. The number of sulfonamides is 1. The summed E-state index contributed by atoms with van der Waals surface area (Å²) in [7, 11) is -4.25. The molecular formula is C34H44N10O8S4. The van der Waals surface area contributed by atoms with E-state index >= 15 is 0 Å². The van der Waals surface area contributed by atoms with Gasteiger partial charge in [0.05, 0.1) is 28.3 Å². The van der Waals surface area contributed by atoms with Crippen LogP contribution in [0.3, 0.4) is 0 Å². The maximum absolute atomic E-state index is 14.1. The highest BCUT2D eigenvalue weighted by Gasteiger charge is 2.34. The number of hydrogen-bond donors (Lipinski definition) is 6. The van der Waals surface area contributed by atoms with Crippen molar-refractivity contribution in [1.29, 1.82) is 0 Å². The molecule has 2 aliphatic rings. The standard InChI is InChI=1S/C34H44N10O8S4/c1-5-7-9-11-19(3)43-51-52-55-25-17-21(39-41-27-29(45)35-33(53)36-30(27)46)13-15-23(25)24-16-14-22(40-42-28-31(47)37-34(54)38-32(28)48)18-26(24)56(49,50)44-20(4)12-10-8-6-2/h13-20,27-28,43-44H,5-12H2,1-4H3,(H2,35,36,45,46,53)(H2,37,38,47,48,54). The molecule has 302 valence electrons. The molecule has 4 amide bonds. The van der Waals surface area contributed by atoms with E-state index in [1.54, 1.807) is 13.0 Å². The minimum atomic E-state index is -4.25. The van der Waals surface area contributed by atoms with Crippen LogP contribution in [0.4, 0.5) is 11.4 Å². The Balaban J connectivity index is 1.74. The van der Waals surface area contributed by atoms with Crippen molar-refractivity contribution in [1.82, 2.24) is 31.5 Å². The third-order valence-electron chi connectivity index (χ3n) is 8.27. The lowest BCUT2D eigenvalue weighted by Gasteiger charge is -2.19. The molecule has 56 heavy (non-hydrogen) atoms. The average molecular weight is 849 g/mol. The molecule has 4 rings (SSSR count). The highest BCUT2D eigenvalue weighted by atomic mass is 32.2. The molecule has 6 N–H and O–H groups in total. The van der Waals surface area contributed by atoms with Gasteiger partial charge in [0.2, 0.25) is 22.1 Å². The van der Waals surface area contributed by atoms with Crippen LogP contribution in [0.1, 0.15) is 79.1 Å². The van der Waals surface area contributed by atoms with Crippen LogP contribution in [0.25, 0.3) is 11.1 Å². The number of amides is 4. The van der Waals surface area contributed by atoms with E-state index in [4.69, 9.17) is 33.8 Å². The van der Waals surface area contributed by atoms with E-state index in [-0.39, 0.29) is 38.1 Å². The Morgan fingerprint density at radius 3 is 1.73 bits per heavy atom. The maximum atomic E-state index is 14.1. The monoisotopic (exact) mass is 848 g/mol. The van der Waals surface area contributed by atoms with Crippen LogP contribution in [-0.4, -0.2) is 66.4 Å². The maximum Gasteiger partial charge on any atom is 0.262 e. The van der Waals surface area contributed by atoms with Gasteiger partial charge >= 0.3 is 0 Å². The Morgan fingerprint density at radius 2 is 1.21 bits per heavy atom. The minimum Gasteiger partial charge on any atom is -0.300 e. The van der Waals surface area contributed by atoms with Gasteiger partial charge < -0.3 is 21.3 Å². The lowest BCUT2D eigenvalue weighted by Crippen LogP contribution is -2.57. The number of unbranched alkanes of at least 4 members (excludes halogenated alkanes) is 4. The number of carbonyl (C=O) groups is 4. The molecule has 2 aliphatic heterocycles. The van der Waals surface area contributed by atoms with Crippen molar-refractivity contribution in [2.24, 2.45) is 20.5 Å². The Labute approximate surface area is 339 Å². The van der Waals surface area contributed by atoms with Crippen molar-refractivity contribution in [2.45, 2.75) is 113 Å². The molecule has 2 aromatic carbocycles. The van der Waals surface area contributed by atoms with E-state index in [2.05, 4.69) is 65.8 Å². The van der Waals surface area contributed by atoms with Gasteiger partial charge in [0.15, 0.2) is 10.2 Å². The van der Waals surface area contributed by atoms with Crippen LogP contribution in [0.2, 0.25) is 0 Å². The van der Waals surface area contributed by atoms with Crippen LogP contribution in [0, 0.1) is 0 Å². The van der Waals surface area contributed by atoms with E-state index in [0.29, 0.717) is 16.9 Å². The van der Waals surface area contributed by atoms with E-state index in [1.165, 1.54) is 30.3 Å². The number of azo groups is 2. The SMILES string of the molecule is CCCCCC(C)NOOSc1cc(N=NC2C(=O)NC(=S)NC2=O)ccc1-c1ccc(N=NC2C(=O)NC(=S)NC2=O)cc1S(=O)(=O)NC(C)CCCCC. The summed E-state index contributed by atoms with van der Waals surface area (Å²) in [6, 6.07) is 5.31. The Bertz CT molecular complexity index is 1940. The van der Waals surface area contributed by atoms with Gasteiger partial charge in [-0.05, 0) is 81.0 Å². The average Bonchev–Trinajstić information content (AvgIpc) is 3.12. The number of carbonyl (C=O) groups excluding carboxylic acids is 4. The molecule has 2 heterocycles. The summed E-state index contributed by atoms with van der Waals surface area (Å²) in [6.45, 7) is 7.87. The van der Waals surface area contributed by atoms with E-state index in [1.807, 2.05) is 6.92 Å². The van der Waals surface area contributed by atoms with Crippen LogP contribution in [-0.2, 0) is 38.5 Å². The fraction of sp³-hybridized carbons (Fsp3) is 0.471. The van der Waals surface area contributed by atoms with Crippen molar-refractivity contribution >= 4 is 91.7 Å². The molecule has 0 aliphatic carbocycles. The number of nitrogens with one attached hydrogen (secondary N) is 6. The molecule has 2 fully saturated rings. The van der Waals surface area contributed by atoms with Crippen molar-refractivity contribution in [3.05, 3.63) is 36.4 Å². The first kappa shape index (κ1) is 44.6. The second kappa shape index (κ2) is 21.4. The predicted molar refractivity (Wildman–Crippen MR) is 215 cm³/mol. The zero-order chi connectivity index (χ0) is 40.8. The molecular weight excluding hydrogens is 805 g/mol. The molecule has 0 radical (unpaired) electrons. The van der Waals surface area contributed by atoms with Crippen LogP contribution >= 0.6 is 36.5 Å². The molecule has 2 unspecified atom stereocenters. The van der Waals surface area contributed by atoms with Gasteiger partial charge in [0, 0.05) is 22.5 Å². The summed E-state index contributed by atoms with van der Waals surface area (Å²) < 4.78 is 36.5. The Kier molecular flexibility index (Phi) is 17.0. The van der Waals surface area contributed by atoms with Gasteiger partial charge in [0.25, 0.3) is 23.6 Å². The van der Waals surface area contributed by atoms with Gasteiger partial charge in [-0.3, -0.25) is 19.2 Å². The van der Waals surface area contributed by atoms with Crippen LogP contribution < -0.4 is 31.5 Å². The summed E-state index contributed by atoms with van der Waals surface area (Å²) in [5.74, 6) is -3.06. The highest BCUT2D eigenvalue weighted by molar-refractivity contribution is 7.94. The number of thiocarbonyl (C=S) groups is 2. The van der Waals surface area contributed by atoms with Crippen molar-refractivity contribution < 1.29 is 36.9 Å². The topological polar surface area (TPSA) is 242 Å². The largest absolute Gasteiger partial charge is 0.300 e. The van der Waals surface area contributed by atoms with Gasteiger partial charge in [-0.15, -0.1) is 9.32 Å². The zero-order valence-corrected chi connectivity index (χ0v) is 34.4. The quantitative estimate of drug-likeness (QED) is 0.0185. The number of hydrogen-bond acceptors (Lipinski definition) is 16. The van der Waals surface area contributed by atoms with Crippen molar-refractivity contribution in [2.75, 3.05) is 0 Å². The van der Waals surface area contributed by atoms with E-state index < -0.39 is 51.8 Å². The third kappa shape index (κ3) is 12.9. The predicted octanol–water partition coefficient (Wildman–Crippen LogP) is 5.00. The van der Waals surface area contributed by atoms with Crippen molar-refractivity contribution in [3.8, 4) is 11.1 Å². The van der Waals surface area contributed by atoms with E-state index in [9.17, 15) is 27.6 Å². The Hall–Kier alpha value is -4.16. The summed E-state index contributed by atoms with van der Waals surface area (Å²) >= 11 is 10.4. The molecule has 2 saturated heterocycles. The fourth-order valence-electron chi connectivity index (χ4n) is 5.37.